The Balaban J connectivity index is 2.10. The molecule has 0 radical (unpaired) electrons. The Morgan fingerprint density at radius 3 is 2.50 bits per heavy atom. The van der Waals surface area contributed by atoms with Gasteiger partial charge in [-0.15, -0.1) is 0 Å². The van der Waals surface area contributed by atoms with E-state index in [0.717, 1.165) is 10.9 Å². The first kappa shape index (κ1) is 14.0. The molecule has 0 aliphatic heterocycles. The predicted molar refractivity (Wildman–Crippen MR) is 85.2 cm³/mol. The van der Waals surface area contributed by atoms with Crippen molar-refractivity contribution in [2.24, 2.45) is 0 Å². The number of aromatic nitrogens is 2. The normalized spacial score (nSPS) is 11.2. The fourth-order valence-electron chi connectivity index (χ4n) is 2.74. The van der Waals surface area contributed by atoms with Crippen molar-refractivity contribution in [2.75, 3.05) is 0 Å². The van der Waals surface area contributed by atoms with Crippen LogP contribution in [-0.4, -0.2) is 32.1 Å². The maximum atomic E-state index is 11.4. The van der Waals surface area contributed by atoms with Crippen molar-refractivity contribution in [1.29, 1.82) is 0 Å². The van der Waals surface area contributed by atoms with Crippen molar-refractivity contribution in [3.63, 3.8) is 0 Å². The third-order valence-corrected chi connectivity index (χ3v) is 3.75. The zero-order chi connectivity index (χ0) is 16.8. The van der Waals surface area contributed by atoms with Crippen LogP contribution in [0, 0.1) is 0 Å². The first-order valence-corrected chi connectivity index (χ1v) is 7.03. The molecule has 7 heteroatoms. The van der Waals surface area contributed by atoms with E-state index in [2.05, 4.69) is 9.97 Å². The Morgan fingerprint density at radius 1 is 1.00 bits per heavy atom. The Kier molecular flexibility index (Phi) is 2.89. The number of para-hydroxylation sites is 1. The van der Waals surface area contributed by atoms with Crippen molar-refractivity contribution in [3.8, 4) is 11.5 Å². The first-order chi connectivity index (χ1) is 11.5. The van der Waals surface area contributed by atoms with Crippen LogP contribution in [-0.2, 0) is 0 Å². The maximum absolute atomic E-state index is 11.4. The minimum atomic E-state index is -1.20. The van der Waals surface area contributed by atoms with Crippen LogP contribution in [0.4, 0.5) is 0 Å². The molecule has 0 bridgehead atoms. The average molecular weight is 322 g/mol. The van der Waals surface area contributed by atoms with Crippen molar-refractivity contribution >= 4 is 33.7 Å². The number of carboxylic acids is 2. The number of hydrogen-bond donors (Lipinski definition) is 3. The minimum absolute atomic E-state index is 0.155. The van der Waals surface area contributed by atoms with Crippen LogP contribution in [0.2, 0.25) is 0 Å². The number of carboxylic acid groups (broad SMARTS) is 2. The van der Waals surface area contributed by atoms with Gasteiger partial charge >= 0.3 is 11.9 Å². The van der Waals surface area contributed by atoms with E-state index in [1.165, 1.54) is 18.2 Å². The monoisotopic (exact) mass is 322 g/mol. The molecule has 3 aromatic heterocycles. The number of aromatic carboxylic acids is 2. The van der Waals surface area contributed by atoms with Crippen LogP contribution in [0.15, 0.2) is 46.9 Å². The molecule has 0 spiro atoms. The number of nitrogens with one attached hydrogen (secondary N) is 1. The number of fused-ring (bicyclic) bond motifs is 3. The lowest BCUT2D eigenvalue weighted by atomic mass is 10.1. The van der Waals surface area contributed by atoms with Gasteiger partial charge in [-0.3, -0.25) is 0 Å². The molecule has 1 aromatic carbocycles. The van der Waals surface area contributed by atoms with Gasteiger partial charge in [0, 0.05) is 16.3 Å². The molecule has 3 heterocycles. The highest BCUT2D eigenvalue weighted by Crippen LogP contribution is 2.34. The van der Waals surface area contributed by atoms with Gasteiger partial charge in [0.1, 0.15) is 5.69 Å². The van der Waals surface area contributed by atoms with E-state index in [-0.39, 0.29) is 22.9 Å². The lowest BCUT2D eigenvalue weighted by molar-refractivity contribution is 0.0659. The quantitative estimate of drug-likeness (QED) is 0.532. The topological polar surface area (TPSA) is 116 Å². The number of nitrogens with zero attached hydrogens (tertiary/aromatic N) is 1. The molecule has 4 aromatic rings. The summed E-state index contributed by atoms with van der Waals surface area (Å²) in [7, 11) is 0. The molecule has 4 rings (SSSR count). The van der Waals surface area contributed by atoms with Crippen LogP contribution in [0.1, 0.15) is 21.0 Å². The fourth-order valence-corrected chi connectivity index (χ4v) is 2.74. The maximum Gasteiger partial charge on any atom is 0.371 e. The molecular formula is C17H10N2O5. The standard InChI is InChI=1S/C17H10N2O5/c20-16(21)11-7-10-14(8-3-1-2-4-9(8)18-10)15(19-11)12-5-6-13(24-12)17(22)23/h1-7,18H,(H,20,21)(H,22,23). The van der Waals surface area contributed by atoms with Gasteiger partial charge in [0.2, 0.25) is 5.76 Å². The Bertz CT molecular complexity index is 1120. The zero-order valence-corrected chi connectivity index (χ0v) is 12.1. The van der Waals surface area contributed by atoms with Crippen LogP contribution >= 0.6 is 0 Å². The van der Waals surface area contributed by atoms with Crippen LogP contribution < -0.4 is 0 Å². The van der Waals surface area contributed by atoms with Crippen LogP contribution in [0.5, 0.6) is 0 Å². The third-order valence-electron chi connectivity index (χ3n) is 3.75. The number of carbonyl (C=O) groups is 2. The van der Waals surface area contributed by atoms with E-state index in [1.54, 1.807) is 0 Å². The summed E-state index contributed by atoms with van der Waals surface area (Å²) >= 11 is 0. The summed E-state index contributed by atoms with van der Waals surface area (Å²) in [6, 6.07) is 11.7. The molecule has 0 saturated carbocycles. The number of pyridine rings is 1. The van der Waals surface area contributed by atoms with Gasteiger partial charge in [0.25, 0.3) is 0 Å². The van der Waals surface area contributed by atoms with E-state index < -0.39 is 11.9 Å². The smallest absolute Gasteiger partial charge is 0.371 e. The summed E-state index contributed by atoms with van der Waals surface area (Å²) in [6.45, 7) is 0. The molecule has 0 aliphatic carbocycles. The van der Waals surface area contributed by atoms with Gasteiger partial charge in [-0.25, -0.2) is 14.6 Å². The zero-order valence-electron chi connectivity index (χ0n) is 12.1. The molecule has 118 valence electrons. The van der Waals surface area contributed by atoms with E-state index >= 15 is 0 Å². The minimum Gasteiger partial charge on any atom is -0.477 e. The third kappa shape index (κ3) is 2.03. The van der Waals surface area contributed by atoms with Crippen LogP contribution in [0.3, 0.4) is 0 Å². The summed E-state index contributed by atoms with van der Waals surface area (Å²) in [4.78, 5) is 29.7. The van der Waals surface area contributed by atoms with Crippen LogP contribution in [0.25, 0.3) is 33.3 Å². The fraction of sp³-hybridized carbons (Fsp3) is 0. The van der Waals surface area contributed by atoms with Crippen molar-refractivity contribution in [3.05, 3.63) is 53.9 Å². The molecule has 0 aliphatic rings. The molecule has 0 atom stereocenters. The molecule has 0 unspecified atom stereocenters. The molecule has 24 heavy (non-hydrogen) atoms. The summed E-state index contributed by atoms with van der Waals surface area (Å²) in [5, 5.41) is 19.8. The van der Waals surface area contributed by atoms with Crippen molar-refractivity contribution in [1.82, 2.24) is 9.97 Å². The van der Waals surface area contributed by atoms with Gasteiger partial charge in [-0.1, -0.05) is 18.2 Å². The number of rotatable bonds is 3. The lowest BCUT2D eigenvalue weighted by Gasteiger charge is -2.03. The number of H-pyrrole nitrogens is 1. The Labute approximate surface area is 134 Å². The van der Waals surface area contributed by atoms with E-state index in [4.69, 9.17) is 9.52 Å². The lowest BCUT2D eigenvalue weighted by Crippen LogP contribution is -2.01. The highest BCUT2D eigenvalue weighted by atomic mass is 16.4. The summed E-state index contributed by atoms with van der Waals surface area (Å²) in [5.74, 6) is -2.42. The number of hydrogen-bond acceptors (Lipinski definition) is 4. The summed E-state index contributed by atoms with van der Waals surface area (Å²) in [5.41, 5.74) is 1.54. The SMILES string of the molecule is O=C(O)c1cc2[nH]c3ccccc3c2c(-c2ccc(C(=O)O)o2)n1. The van der Waals surface area contributed by atoms with E-state index in [1.807, 2.05) is 24.3 Å². The molecule has 0 saturated heterocycles. The average Bonchev–Trinajstić information content (AvgIpc) is 3.18. The highest BCUT2D eigenvalue weighted by Gasteiger charge is 2.20. The molecule has 0 amide bonds. The Morgan fingerprint density at radius 2 is 1.79 bits per heavy atom. The Hall–Kier alpha value is -3.61. The molecule has 3 N–H and O–H groups in total. The second-order valence-electron chi connectivity index (χ2n) is 5.22. The highest BCUT2D eigenvalue weighted by molar-refractivity contribution is 6.14. The molecular weight excluding hydrogens is 312 g/mol. The van der Waals surface area contributed by atoms with Gasteiger partial charge < -0.3 is 19.6 Å². The summed E-state index contributed by atoms with van der Waals surface area (Å²) in [6.07, 6.45) is 0. The van der Waals surface area contributed by atoms with Gasteiger partial charge in [-0.2, -0.15) is 0 Å². The van der Waals surface area contributed by atoms with Crippen molar-refractivity contribution < 1.29 is 24.2 Å². The van der Waals surface area contributed by atoms with E-state index in [9.17, 15) is 14.7 Å². The second kappa shape index (κ2) is 4.95. The van der Waals surface area contributed by atoms with E-state index in [0.29, 0.717) is 10.9 Å². The largest absolute Gasteiger partial charge is 0.477 e. The summed E-state index contributed by atoms with van der Waals surface area (Å²) < 4.78 is 5.32. The molecule has 7 nitrogen and oxygen atoms in total. The number of benzene rings is 1. The first-order valence-electron chi connectivity index (χ1n) is 7.03. The van der Waals surface area contributed by atoms with Gasteiger partial charge in [-0.05, 0) is 24.3 Å². The van der Waals surface area contributed by atoms with Crippen molar-refractivity contribution in [2.45, 2.75) is 0 Å². The second-order valence-corrected chi connectivity index (χ2v) is 5.22. The number of aromatic amines is 1. The molecule has 0 fully saturated rings. The van der Waals surface area contributed by atoms with Gasteiger partial charge in [0.05, 0.1) is 5.52 Å². The number of furan rings is 1. The van der Waals surface area contributed by atoms with Gasteiger partial charge in [0.15, 0.2) is 11.5 Å². The predicted octanol–water partition coefficient (Wildman–Crippen LogP) is 3.37.